The molecule has 0 aromatic heterocycles. The average molecular weight is 363 g/mol. The zero-order chi connectivity index (χ0) is 17.8. The van der Waals surface area contributed by atoms with Gasteiger partial charge >= 0.3 is 5.97 Å². The Morgan fingerprint density at radius 3 is 2.72 bits per heavy atom. The molecule has 0 amide bonds. The summed E-state index contributed by atoms with van der Waals surface area (Å²) in [7, 11) is 1.51. The number of carboxylic acids is 1. The highest BCUT2D eigenvalue weighted by Gasteiger charge is 2.17. The van der Waals surface area contributed by atoms with Gasteiger partial charge in [0.25, 0.3) is 0 Å². The molecule has 0 bridgehead atoms. The van der Waals surface area contributed by atoms with Gasteiger partial charge in [-0.05, 0) is 29.8 Å². The third-order valence-electron chi connectivity index (χ3n) is 3.53. The van der Waals surface area contributed by atoms with Crippen LogP contribution in [0.25, 0.3) is 6.08 Å². The molecule has 1 N–H and O–H groups in total. The number of hydrogen-bond donors (Lipinski definition) is 1. The van der Waals surface area contributed by atoms with Gasteiger partial charge in [-0.2, -0.15) is 0 Å². The fourth-order valence-corrected chi connectivity index (χ4v) is 2.51. The Morgan fingerprint density at radius 2 is 2.00 bits per heavy atom. The fourth-order valence-electron chi connectivity index (χ4n) is 2.30. The molecule has 1 aliphatic heterocycles. The van der Waals surface area contributed by atoms with Crippen LogP contribution in [0.5, 0.6) is 23.0 Å². The Morgan fingerprint density at radius 1 is 1.24 bits per heavy atom. The second kappa shape index (κ2) is 7.36. The van der Waals surface area contributed by atoms with Crippen LogP contribution < -0.4 is 18.9 Å². The van der Waals surface area contributed by atoms with Crippen molar-refractivity contribution < 1.29 is 28.8 Å². The lowest BCUT2D eigenvalue weighted by Gasteiger charge is -2.12. The van der Waals surface area contributed by atoms with Crippen LogP contribution >= 0.6 is 11.6 Å². The van der Waals surface area contributed by atoms with Crippen LogP contribution in [0.3, 0.4) is 0 Å². The van der Waals surface area contributed by atoms with Crippen LogP contribution in [-0.2, 0) is 11.4 Å². The molecule has 3 rings (SSSR count). The van der Waals surface area contributed by atoms with Crippen LogP contribution in [0, 0.1) is 0 Å². The maximum Gasteiger partial charge on any atom is 0.328 e. The van der Waals surface area contributed by atoms with Crippen LogP contribution in [-0.4, -0.2) is 25.0 Å². The van der Waals surface area contributed by atoms with Crippen molar-refractivity contribution in [2.75, 3.05) is 13.9 Å². The molecule has 0 atom stereocenters. The highest BCUT2D eigenvalue weighted by molar-refractivity contribution is 6.31. The van der Waals surface area contributed by atoms with E-state index in [1.54, 1.807) is 30.3 Å². The molecule has 0 saturated heterocycles. The van der Waals surface area contributed by atoms with E-state index in [-0.39, 0.29) is 13.4 Å². The van der Waals surface area contributed by atoms with E-state index in [0.717, 1.165) is 11.6 Å². The van der Waals surface area contributed by atoms with Gasteiger partial charge in [-0.1, -0.05) is 17.7 Å². The van der Waals surface area contributed by atoms with Gasteiger partial charge < -0.3 is 24.1 Å². The van der Waals surface area contributed by atoms with Gasteiger partial charge in [-0.3, -0.25) is 0 Å². The quantitative estimate of drug-likeness (QED) is 0.789. The largest absolute Gasteiger partial charge is 0.493 e. The normalized spacial score (nSPS) is 12.4. The van der Waals surface area contributed by atoms with E-state index < -0.39 is 5.97 Å². The molecule has 0 saturated carbocycles. The monoisotopic (exact) mass is 362 g/mol. The molecule has 0 spiro atoms. The summed E-state index contributed by atoms with van der Waals surface area (Å²) >= 11 is 6.23. The molecule has 2 aromatic rings. The number of halogens is 1. The first-order chi connectivity index (χ1) is 12.1. The van der Waals surface area contributed by atoms with Crippen molar-refractivity contribution >= 4 is 23.6 Å². The lowest BCUT2D eigenvalue weighted by Crippen LogP contribution is -1.99. The number of fused-ring (bicyclic) bond motifs is 1. The van der Waals surface area contributed by atoms with Crippen LogP contribution in [0.1, 0.15) is 11.1 Å². The van der Waals surface area contributed by atoms with Gasteiger partial charge in [0.15, 0.2) is 23.0 Å². The van der Waals surface area contributed by atoms with Crippen molar-refractivity contribution in [3.63, 3.8) is 0 Å². The number of benzene rings is 2. The van der Waals surface area contributed by atoms with Gasteiger partial charge in [-0.25, -0.2) is 4.79 Å². The minimum absolute atomic E-state index is 0.176. The molecule has 25 heavy (non-hydrogen) atoms. The van der Waals surface area contributed by atoms with E-state index in [4.69, 9.17) is 35.7 Å². The number of hydrogen-bond acceptors (Lipinski definition) is 5. The van der Waals surface area contributed by atoms with Crippen molar-refractivity contribution in [1.82, 2.24) is 0 Å². The number of carbonyl (C=O) groups is 1. The molecule has 0 radical (unpaired) electrons. The predicted octanol–water partition coefficient (Wildman–Crippen LogP) is 3.75. The summed E-state index contributed by atoms with van der Waals surface area (Å²) in [6.45, 7) is 0.394. The van der Waals surface area contributed by atoms with Crippen LogP contribution in [0.4, 0.5) is 0 Å². The van der Waals surface area contributed by atoms with Crippen molar-refractivity contribution in [3.8, 4) is 23.0 Å². The Balaban J connectivity index is 1.76. The summed E-state index contributed by atoms with van der Waals surface area (Å²) in [5.74, 6) is 1.23. The van der Waals surface area contributed by atoms with Crippen molar-refractivity contribution in [1.29, 1.82) is 0 Å². The van der Waals surface area contributed by atoms with Gasteiger partial charge in [0.05, 0.1) is 12.1 Å². The molecule has 1 aliphatic rings. The maximum atomic E-state index is 10.6. The summed E-state index contributed by atoms with van der Waals surface area (Å²) in [4.78, 5) is 10.6. The number of ether oxygens (including phenoxy) is 4. The van der Waals surface area contributed by atoms with E-state index >= 15 is 0 Å². The zero-order valence-corrected chi connectivity index (χ0v) is 14.1. The van der Waals surface area contributed by atoms with E-state index in [1.807, 2.05) is 0 Å². The van der Waals surface area contributed by atoms with Gasteiger partial charge in [-0.15, -0.1) is 0 Å². The van der Waals surface area contributed by atoms with E-state index in [2.05, 4.69) is 0 Å². The molecule has 130 valence electrons. The first-order valence-corrected chi connectivity index (χ1v) is 7.74. The second-order valence-corrected chi connectivity index (χ2v) is 5.57. The highest BCUT2D eigenvalue weighted by Crippen LogP contribution is 2.37. The molecule has 0 aliphatic carbocycles. The van der Waals surface area contributed by atoms with E-state index in [1.165, 1.54) is 13.2 Å². The second-order valence-electron chi connectivity index (χ2n) is 5.17. The summed E-state index contributed by atoms with van der Waals surface area (Å²) in [6.07, 6.45) is 2.53. The summed E-state index contributed by atoms with van der Waals surface area (Å²) in [6, 6.07) is 8.61. The third-order valence-corrected chi connectivity index (χ3v) is 3.88. The predicted molar refractivity (Wildman–Crippen MR) is 91.6 cm³/mol. The summed E-state index contributed by atoms with van der Waals surface area (Å²) in [5, 5.41) is 9.20. The topological polar surface area (TPSA) is 74.2 Å². The van der Waals surface area contributed by atoms with Crippen molar-refractivity contribution in [2.24, 2.45) is 0 Å². The van der Waals surface area contributed by atoms with E-state index in [0.29, 0.717) is 33.6 Å². The van der Waals surface area contributed by atoms with Crippen LogP contribution in [0.2, 0.25) is 5.02 Å². The number of methoxy groups -OCH3 is 1. The summed E-state index contributed by atoms with van der Waals surface area (Å²) < 4.78 is 21.7. The van der Waals surface area contributed by atoms with Gasteiger partial charge in [0.1, 0.15) is 6.61 Å². The lowest BCUT2D eigenvalue weighted by molar-refractivity contribution is -0.131. The molecular weight excluding hydrogens is 348 g/mol. The Hall–Kier alpha value is -2.86. The number of aliphatic carboxylic acids is 1. The molecule has 7 heteroatoms. The number of rotatable bonds is 6. The van der Waals surface area contributed by atoms with Gasteiger partial charge in [0, 0.05) is 17.7 Å². The third kappa shape index (κ3) is 3.97. The molecule has 6 nitrogen and oxygen atoms in total. The first-order valence-electron chi connectivity index (χ1n) is 7.36. The Kier molecular flexibility index (Phi) is 5.00. The SMILES string of the molecule is COc1cc(/C=C/C(=O)O)ccc1OCc1cc2c(cc1Cl)OCO2. The van der Waals surface area contributed by atoms with Crippen molar-refractivity contribution in [2.45, 2.75) is 6.61 Å². The minimum atomic E-state index is -1.02. The molecule has 0 fully saturated rings. The summed E-state index contributed by atoms with van der Waals surface area (Å²) in [5.41, 5.74) is 1.44. The molecule has 0 unspecified atom stereocenters. The molecular formula is C18H15ClO6. The lowest BCUT2D eigenvalue weighted by atomic mass is 10.2. The minimum Gasteiger partial charge on any atom is -0.493 e. The Bertz CT molecular complexity index is 831. The smallest absolute Gasteiger partial charge is 0.328 e. The molecule has 1 heterocycles. The van der Waals surface area contributed by atoms with Gasteiger partial charge in [0.2, 0.25) is 6.79 Å². The standard InChI is InChI=1S/C18H15ClO6/c1-22-15-6-11(3-5-18(20)21)2-4-14(15)23-9-12-7-16-17(8-13(12)19)25-10-24-16/h2-8H,9-10H2,1H3,(H,20,21)/b5-3+. The first kappa shape index (κ1) is 17.0. The fraction of sp³-hybridized carbons (Fsp3) is 0.167. The highest BCUT2D eigenvalue weighted by atomic mass is 35.5. The van der Waals surface area contributed by atoms with Crippen molar-refractivity contribution in [3.05, 3.63) is 52.6 Å². The molecule has 2 aromatic carbocycles. The van der Waals surface area contributed by atoms with Crippen LogP contribution in [0.15, 0.2) is 36.4 Å². The average Bonchev–Trinajstić information content (AvgIpc) is 3.05. The Labute approximate surface area is 149 Å². The maximum absolute atomic E-state index is 10.6. The van der Waals surface area contributed by atoms with E-state index in [9.17, 15) is 4.79 Å². The zero-order valence-electron chi connectivity index (χ0n) is 13.3. The number of carboxylic acid groups (broad SMARTS) is 1.